The molecular formula is C23H30F3NO3. The van der Waals surface area contributed by atoms with Crippen LogP contribution in [0.2, 0.25) is 0 Å². The van der Waals surface area contributed by atoms with Crippen LogP contribution in [-0.4, -0.2) is 40.6 Å². The van der Waals surface area contributed by atoms with E-state index in [9.17, 15) is 22.8 Å². The summed E-state index contributed by atoms with van der Waals surface area (Å²) in [4.78, 5) is 26.6. The van der Waals surface area contributed by atoms with Gasteiger partial charge in [-0.05, 0) is 69.1 Å². The van der Waals surface area contributed by atoms with Crippen LogP contribution in [0.1, 0.15) is 64.7 Å². The smallest absolute Gasteiger partial charge is 0.458 e. The lowest BCUT2D eigenvalue weighted by atomic mass is 9.56. The number of hydrogen-bond donors (Lipinski definition) is 0. The topological polar surface area (TPSA) is 46.6 Å². The molecule has 6 fully saturated rings. The zero-order valence-corrected chi connectivity index (χ0v) is 17.4. The van der Waals surface area contributed by atoms with E-state index in [-0.39, 0.29) is 29.6 Å². The van der Waals surface area contributed by atoms with Crippen molar-refractivity contribution in [2.45, 2.75) is 88.6 Å². The van der Waals surface area contributed by atoms with E-state index in [0.717, 1.165) is 24.2 Å². The number of hydrogen-bond acceptors (Lipinski definition) is 3. The van der Waals surface area contributed by atoms with E-state index in [2.05, 4.69) is 0 Å². The van der Waals surface area contributed by atoms with Crippen molar-refractivity contribution in [3.8, 4) is 0 Å². The van der Waals surface area contributed by atoms with Gasteiger partial charge in [-0.25, -0.2) is 0 Å². The van der Waals surface area contributed by atoms with Crippen LogP contribution in [0.5, 0.6) is 0 Å². The minimum atomic E-state index is -4.86. The Morgan fingerprint density at radius 1 is 1.10 bits per heavy atom. The summed E-state index contributed by atoms with van der Waals surface area (Å²) in [5, 5.41) is 0. The largest absolute Gasteiger partial charge is 0.471 e. The first-order valence-corrected chi connectivity index (χ1v) is 11.8. The van der Waals surface area contributed by atoms with Gasteiger partial charge in [-0.3, -0.25) is 9.59 Å². The van der Waals surface area contributed by atoms with Crippen LogP contribution in [0, 0.1) is 41.4 Å². The number of piperidine rings is 1. The summed E-state index contributed by atoms with van der Waals surface area (Å²) in [5.74, 6) is -0.116. The Kier molecular flexibility index (Phi) is 3.98. The minimum absolute atomic E-state index is 0.0794. The fourth-order valence-electron chi connectivity index (χ4n) is 9.29. The van der Waals surface area contributed by atoms with Gasteiger partial charge in [-0.15, -0.1) is 0 Å². The van der Waals surface area contributed by atoms with Crippen LogP contribution in [-0.2, 0) is 14.3 Å². The molecule has 10 atom stereocenters. The van der Waals surface area contributed by atoms with E-state index in [0.29, 0.717) is 30.6 Å². The number of ether oxygens (including phenoxy) is 1. The average molecular weight is 425 g/mol. The summed E-state index contributed by atoms with van der Waals surface area (Å²) in [6.45, 7) is 1.74. The van der Waals surface area contributed by atoms with Crippen molar-refractivity contribution < 1.29 is 27.5 Å². The lowest BCUT2D eigenvalue weighted by Gasteiger charge is -2.53. The minimum Gasteiger partial charge on any atom is -0.458 e. The molecular weight excluding hydrogens is 395 g/mol. The Morgan fingerprint density at radius 2 is 1.87 bits per heavy atom. The predicted octanol–water partition coefficient (Wildman–Crippen LogP) is 4.32. The molecule has 4 saturated carbocycles. The highest BCUT2D eigenvalue weighted by Crippen LogP contribution is 2.70. The SMILES string of the molecule is C[C@H]1CC[C@@H]2[C@@H](C[C@H]3C[C@@]24OC(=O)[C@@H]2C[C@@H]5CCCC[C@H]5[C@H]3[C@@H]24)N1C(=O)C(F)(F)F. The molecule has 0 aromatic rings. The zero-order valence-electron chi connectivity index (χ0n) is 17.4. The predicted molar refractivity (Wildman–Crippen MR) is 101 cm³/mol. The van der Waals surface area contributed by atoms with Gasteiger partial charge >= 0.3 is 18.1 Å². The molecule has 166 valence electrons. The monoisotopic (exact) mass is 425 g/mol. The number of carbonyl (C=O) groups is 2. The molecule has 0 aromatic carbocycles. The van der Waals surface area contributed by atoms with Gasteiger partial charge in [0.25, 0.3) is 0 Å². The molecule has 1 spiro atoms. The maximum Gasteiger partial charge on any atom is 0.471 e. The first-order chi connectivity index (χ1) is 14.2. The number of esters is 1. The van der Waals surface area contributed by atoms with Crippen LogP contribution in [0.25, 0.3) is 0 Å². The normalized spacial score (nSPS) is 51.7. The zero-order chi connectivity index (χ0) is 21.0. The van der Waals surface area contributed by atoms with Gasteiger partial charge in [0.2, 0.25) is 0 Å². The molecule has 2 aliphatic heterocycles. The van der Waals surface area contributed by atoms with Crippen molar-refractivity contribution in [1.82, 2.24) is 4.90 Å². The van der Waals surface area contributed by atoms with Crippen LogP contribution < -0.4 is 0 Å². The Balaban J connectivity index is 1.42. The summed E-state index contributed by atoms with van der Waals surface area (Å²) >= 11 is 0. The number of alkyl halides is 3. The van der Waals surface area contributed by atoms with Crippen molar-refractivity contribution >= 4 is 11.9 Å². The van der Waals surface area contributed by atoms with Crippen molar-refractivity contribution in [1.29, 1.82) is 0 Å². The van der Waals surface area contributed by atoms with E-state index in [1.54, 1.807) is 6.92 Å². The van der Waals surface area contributed by atoms with Crippen LogP contribution in [0.3, 0.4) is 0 Å². The van der Waals surface area contributed by atoms with E-state index in [1.807, 2.05) is 0 Å². The summed E-state index contributed by atoms with van der Waals surface area (Å²) in [7, 11) is 0. The fourth-order valence-corrected chi connectivity index (χ4v) is 9.29. The molecule has 0 radical (unpaired) electrons. The van der Waals surface area contributed by atoms with Gasteiger partial charge in [-0.1, -0.05) is 19.3 Å². The summed E-state index contributed by atoms with van der Waals surface area (Å²) in [5.41, 5.74) is -0.632. The molecule has 7 heteroatoms. The van der Waals surface area contributed by atoms with Gasteiger partial charge < -0.3 is 9.64 Å². The first-order valence-electron chi connectivity index (χ1n) is 11.8. The highest BCUT2D eigenvalue weighted by atomic mass is 19.4. The van der Waals surface area contributed by atoms with Gasteiger partial charge in [-0.2, -0.15) is 13.2 Å². The highest BCUT2D eigenvalue weighted by Gasteiger charge is 2.75. The molecule has 0 N–H and O–H groups in total. The molecule has 4 nitrogen and oxygen atoms in total. The second-order valence-electron chi connectivity index (χ2n) is 11.0. The second-order valence-corrected chi connectivity index (χ2v) is 11.0. The van der Waals surface area contributed by atoms with Crippen LogP contribution in [0.15, 0.2) is 0 Å². The van der Waals surface area contributed by atoms with Crippen LogP contribution >= 0.6 is 0 Å². The van der Waals surface area contributed by atoms with Gasteiger partial charge in [0.15, 0.2) is 0 Å². The van der Waals surface area contributed by atoms with E-state index < -0.39 is 29.8 Å². The second kappa shape index (κ2) is 6.16. The van der Waals surface area contributed by atoms with E-state index in [1.165, 1.54) is 25.7 Å². The van der Waals surface area contributed by atoms with Crippen molar-refractivity contribution in [3.63, 3.8) is 0 Å². The van der Waals surface area contributed by atoms with Crippen LogP contribution in [0.4, 0.5) is 13.2 Å². The van der Waals surface area contributed by atoms with Gasteiger partial charge in [0.05, 0.1) is 5.92 Å². The number of amides is 1. The Hall–Kier alpha value is -1.27. The first kappa shape index (κ1) is 19.4. The number of halogens is 3. The molecule has 2 bridgehead atoms. The standard InChI is InChI=1S/C23H30F3NO3/c1-11-6-7-16-17(27(11)21(29)23(24,25)26)9-13-10-22(16)19-15(20(28)30-22)8-12-4-2-3-5-14(12)18(13)19/h11-19H,2-10H2,1H3/t11-,12-,13-,14+,15+,16+,17+,18-,19+,22+/m0/s1. The van der Waals surface area contributed by atoms with E-state index >= 15 is 0 Å². The van der Waals surface area contributed by atoms with Gasteiger partial charge in [0.1, 0.15) is 5.60 Å². The lowest BCUT2D eigenvalue weighted by Crippen LogP contribution is -2.63. The molecule has 6 rings (SSSR count). The number of carbonyl (C=O) groups excluding carboxylic acids is 2. The molecule has 4 aliphatic carbocycles. The molecule has 6 aliphatic rings. The van der Waals surface area contributed by atoms with E-state index in [4.69, 9.17) is 4.74 Å². The maximum absolute atomic E-state index is 13.5. The quantitative estimate of drug-likeness (QED) is 0.543. The summed E-state index contributed by atoms with van der Waals surface area (Å²) < 4.78 is 46.6. The summed E-state index contributed by atoms with van der Waals surface area (Å²) in [6, 6.07) is -0.882. The lowest BCUT2D eigenvalue weighted by molar-refractivity contribution is -0.202. The van der Waals surface area contributed by atoms with Crippen molar-refractivity contribution in [3.05, 3.63) is 0 Å². The molecule has 30 heavy (non-hydrogen) atoms. The molecule has 1 amide bonds. The molecule has 0 aromatic heterocycles. The number of likely N-dealkylation sites (tertiary alicyclic amines) is 1. The third-order valence-corrected chi connectivity index (χ3v) is 9.99. The average Bonchev–Trinajstić information content (AvgIpc) is 3.11. The number of nitrogens with zero attached hydrogens (tertiary/aromatic N) is 1. The molecule has 2 heterocycles. The number of fused-ring (bicyclic) bond motifs is 5. The molecule has 2 saturated heterocycles. The van der Waals surface area contributed by atoms with Gasteiger partial charge in [0, 0.05) is 23.9 Å². The molecule has 0 unspecified atom stereocenters. The summed E-state index contributed by atoms with van der Waals surface area (Å²) in [6.07, 6.45) is 3.55. The third-order valence-electron chi connectivity index (χ3n) is 9.99. The van der Waals surface area contributed by atoms with Crippen molar-refractivity contribution in [2.75, 3.05) is 0 Å². The number of rotatable bonds is 0. The Morgan fingerprint density at radius 3 is 2.63 bits per heavy atom. The Labute approximate surface area is 174 Å². The van der Waals surface area contributed by atoms with Crippen molar-refractivity contribution in [2.24, 2.45) is 41.4 Å². The third kappa shape index (κ3) is 2.35. The fraction of sp³-hybridized carbons (Fsp3) is 0.913. The Bertz CT molecular complexity index is 784. The maximum atomic E-state index is 13.5. The highest BCUT2D eigenvalue weighted by molar-refractivity contribution is 5.83.